The fourth-order valence-corrected chi connectivity index (χ4v) is 2.22. The fourth-order valence-electron chi connectivity index (χ4n) is 2.22. The van der Waals surface area contributed by atoms with Crippen molar-refractivity contribution >= 4 is 5.97 Å². The quantitative estimate of drug-likeness (QED) is 0.725. The van der Waals surface area contributed by atoms with Crippen molar-refractivity contribution in [1.29, 1.82) is 0 Å². The van der Waals surface area contributed by atoms with Crippen LogP contribution in [0.3, 0.4) is 0 Å². The standard InChI is InChI=1S/C11H21NO4/c1-4-8(11(13)14)12-6-9(15-3)10(7-12)16-5-2/h8-10H,4-7H2,1-3H3,(H,13,14)/t8-,9-,10-/m1/s1. The summed E-state index contributed by atoms with van der Waals surface area (Å²) in [5, 5.41) is 9.09. The van der Waals surface area contributed by atoms with Crippen LogP contribution in [0.15, 0.2) is 0 Å². The Hall–Kier alpha value is -0.650. The normalized spacial score (nSPS) is 28.2. The number of hydrogen-bond acceptors (Lipinski definition) is 4. The van der Waals surface area contributed by atoms with Gasteiger partial charge in [-0.3, -0.25) is 9.69 Å². The highest BCUT2D eigenvalue weighted by molar-refractivity contribution is 5.73. The molecule has 0 radical (unpaired) electrons. The smallest absolute Gasteiger partial charge is 0.320 e. The van der Waals surface area contributed by atoms with Crippen molar-refractivity contribution in [2.24, 2.45) is 0 Å². The van der Waals surface area contributed by atoms with E-state index in [1.807, 2.05) is 18.7 Å². The van der Waals surface area contributed by atoms with Crippen LogP contribution in [0.5, 0.6) is 0 Å². The van der Waals surface area contributed by atoms with Gasteiger partial charge in [0.2, 0.25) is 0 Å². The molecule has 0 saturated carbocycles. The van der Waals surface area contributed by atoms with E-state index in [1.165, 1.54) is 0 Å². The lowest BCUT2D eigenvalue weighted by Crippen LogP contribution is -2.40. The summed E-state index contributed by atoms with van der Waals surface area (Å²) in [6, 6.07) is -0.428. The summed E-state index contributed by atoms with van der Waals surface area (Å²) in [4.78, 5) is 13.0. The van der Waals surface area contributed by atoms with Gasteiger partial charge in [-0.05, 0) is 13.3 Å². The summed E-state index contributed by atoms with van der Waals surface area (Å²) in [7, 11) is 1.64. The van der Waals surface area contributed by atoms with Gasteiger partial charge in [0.15, 0.2) is 0 Å². The molecule has 1 aliphatic rings. The zero-order valence-corrected chi connectivity index (χ0v) is 10.2. The van der Waals surface area contributed by atoms with Crippen molar-refractivity contribution in [2.45, 2.75) is 38.5 Å². The highest BCUT2D eigenvalue weighted by atomic mass is 16.5. The van der Waals surface area contributed by atoms with Crippen molar-refractivity contribution in [1.82, 2.24) is 4.90 Å². The number of methoxy groups -OCH3 is 1. The molecule has 0 aromatic rings. The average molecular weight is 231 g/mol. The molecule has 0 aromatic heterocycles. The lowest BCUT2D eigenvalue weighted by molar-refractivity contribution is -0.143. The lowest BCUT2D eigenvalue weighted by atomic mass is 10.2. The largest absolute Gasteiger partial charge is 0.480 e. The minimum Gasteiger partial charge on any atom is -0.480 e. The molecule has 0 unspecified atom stereocenters. The molecule has 0 amide bonds. The third kappa shape index (κ3) is 2.93. The van der Waals surface area contributed by atoms with E-state index in [1.54, 1.807) is 7.11 Å². The molecule has 1 aliphatic heterocycles. The van der Waals surface area contributed by atoms with Crippen LogP contribution in [0.25, 0.3) is 0 Å². The van der Waals surface area contributed by atoms with E-state index >= 15 is 0 Å². The molecule has 0 aromatic carbocycles. The molecule has 5 nitrogen and oxygen atoms in total. The first-order valence-corrected chi connectivity index (χ1v) is 5.75. The fraction of sp³-hybridized carbons (Fsp3) is 0.909. The third-order valence-corrected chi connectivity index (χ3v) is 3.04. The monoisotopic (exact) mass is 231 g/mol. The van der Waals surface area contributed by atoms with E-state index < -0.39 is 12.0 Å². The summed E-state index contributed by atoms with van der Waals surface area (Å²) < 4.78 is 10.9. The Morgan fingerprint density at radius 2 is 2.06 bits per heavy atom. The third-order valence-electron chi connectivity index (χ3n) is 3.04. The van der Waals surface area contributed by atoms with Crippen LogP contribution >= 0.6 is 0 Å². The van der Waals surface area contributed by atoms with E-state index in [0.29, 0.717) is 26.1 Å². The van der Waals surface area contributed by atoms with Gasteiger partial charge < -0.3 is 14.6 Å². The summed E-state index contributed by atoms with van der Waals surface area (Å²) in [5.41, 5.74) is 0. The maximum absolute atomic E-state index is 11.1. The summed E-state index contributed by atoms with van der Waals surface area (Å²) >= 11 is 0. The van der Waals surface area contributed by atoms with E-state index in [2.05, 4.69) is 0 Å². The van der Waals surface area contributed by atoms with Crippen LogP contribution in [-0.4, -0.2) is 61.0 Å². The first-order chi connectivity index (χ1) is 7.63. The average Bonchev–Trinajstić information content (AvgIpc) is 2.62. The molecule has 0 spiro atoms. The molecule has 0 bridgehead atoms. The molecule has 16 heavy (non-hydrogen) atoms. The Labute approximate surface area is 96.3 Å². The van der Waals surface area contributed by atoms with Gasteiger partial charge in [-0.25, -0.2) is 0 Å². The summed E-state index contributed by atoms with van der Waals surface area (Å²) in [6.07, 6.45) is 0.571. The second-order valence-electron chi connectivity index (χ2n) is 3.98. The van der Waals surface area contributed by atoms with Crippen LogP contribution in [0.2, 0.25) is 0 Å². The number of nitrogens with zero attached hydrogens (tertiary/aromatic N) is 1. The van der Waals surface area contributed by atoms with Crippen molar-refractivity contribution in [2.75, 3.05) is 26.8 Å². The number of likely N-dealkylation sites (tertiary alicyclic amines) is 1. The topological polar surface area (TPSA) is 59.0 Å². The summed E-state index contributed by atoms with van der Waals surface area (Å²) in [5.74, 6) is -0.769. The molecule has 5 heteroatoms. The Kier molecular flexibility index (Phi) is 5.18. The van der Waals surface area contributed by atoms with Crippen LogP contribution in [0.1, 0.15) is 20.3 Å². The van der Waals surface area contributed by atoms with E-state index in [9.17, 15) is 4.79 Å². The van der Waals surface area contributed by atoms with Crippen molar-refractivity contribution in [3.05, 3.63) is 0 Å². The number of carboxylic acid groups (broad SMARTS) is 1. The predicted octanol–water partition coefficient (Wildman–Crippen LogP) is 0.585. The first kappa shape index (κ1) is 13.4. The van der Waals surface area contributed by atoms with E-state index in [-0.39, 0.29) is 12.2 Å². The molecule has 1 heterocycles. The van der Waals surface area contributed by atoms with Gasteiger partial charge in [0.25, 0.3) is 0 Å². The number of ether oxygens (including phenoxy) is 2. The SMILES string of the molecule is CCO[C@@H]1CN([C@H](CC)C(=O)O)C[C@H]1OC. The van der Waals surface area contributed by atoms with Gasteiger partial charge >= 0.3 is 5.97 Å². The predicted molar refractivity (Wildman–Crippen MR) is 59.5 cm³/mol. The highest BCUT2D eigenvalue weighted by Crippen LogP contribution is 2.20. The second-order valence-corrected chi connectivity index (χ2v) is 3.98. The van der Waals surface area contributed by atoms with Gasteiger partial charge in [-0.15, -0.1) is 0 Å². The molecular weight excluding hydrogens is 210 g/mol. The highest BCUT2D eigenvalue weighted by Gasteiger charge is 2.38. The van der Waals surface area contributed by atoms with Crippen molar-refractivity contribution in [3.8, 4) is 0 Å². The summed E-state index contributed by atoms with van der Waals surface area (Å²) in [6.45, 7) is 5.71. The second kappa shape index (κ2) is 6.18. The van der Waals surface area contributed by atoms with Crippen molar-refractivity contribution in [3.63, 3.8) is 0 Å². The van der Waals surface area contributed by atoms with Gasteiger partial charge in [0, 0.05) is 26.8 Å². The molecule has 94 valence electrons. The number of carboxylic acids is 1. The molecule has 1 rings (SSSR count). The van der Waals surface area contributed by atoms with Crippen LogP contribution in [-0.2, 0) is 14.3 Å². The lowest BCUT2D eigenvalue weighted by Gasteiger charge is -2.22. The van der Waals surface area contributed by atoms with Crippen molar-refractivity contribution < 1.29 is 19.4 Å². The molecule has 1 saturated heterocycles. The zero-order valence-electron chi connectivity index (χ0n) is 10.2. The number of carbonyl (C=O) groups is 1. The zero-order chi connectivity index (χ0) is 12.1. The van der Waals surface area contributed by atoms with Gasteiger partial charge in [-0.1, -0.05) is 6.92 Å². The Balaban J connectivity index is 2.61. The number of hydrogen-bond donors (Lipinski definition) is 1. The first-order valence-electron chi connectivity index (χ1n) is 5.75. The Morgan fingerprint density at radius 1 is 1.44 bits per heavy atom. The number of aliphatic carboxylic acids is 1. The molecule has 1 N–H and O–H groups in total. The molecular formula is C11H21NO4. The molecule has 1 fully saturated rings. The van der Waals surface area contributed by atoms with Gasteiger partial charge in [0.05, 0.1) is 12.2 Å². The van der Waals surface area contributed by atoms with E-state index in [4.69, 9.17) is 14.6 Å². The number of rotatable bonds is 6. The maximum Gasteiger partial charge on any atom is 0.320 e. The minimum absolute atomic E-state index is 0.0107. The Bertz CT molecular complexity index is 234. The van der Waals surface area contributed by atoms with Gasteiger partial charge in [0.1, 0.15) is 6.04 Å². The Morgan fingerprint density at radius 3 is 2.50 bits per heavy atom. The van der Waals surface area contributed by atoms with Crippen LogP contribution in [0.4, 0.5) is 0 Å². The van der Waals surface area contributed by atoms with Gasteiger partial charge in [-0.2, -0.15) is 0 Å². The molecule has 0 aliphatic carbocycles. The van der Waals surface area contributed by atoms with Crippen LogP contribution < -0.4 is 0 Å². The van der Waals surface area contributed by atoms with E-state index in [0.717, 1.165) is 0 Å². The minimum atomic E-state index is -0.769. The molecule has 3 atom stereocenters. The van der Waals surface area contributed by atoms with Crippen LogP contribution in [0, 0.1) is 0 Å². The maximum atomic E-state index is 11.1.